The Bertz CT molecular complexity index is 1030. The Kier molecular flexibility index (Phi) is 6.29. The van der Waals surface area contributed by atoms with Crippen LogP contribution in [0, 0.1) is 0 Å². The minimum atomic E-state index is -0.684. The fourth-order valence-electron chi connectivity index (χ4n) is 3.54. The molecule has 4 rings (SSSR count). The number of aromatic nitrogens is 3. The van der Waals surface area contributed by atoms with E-state index in [4.69, 9.17) is 20.8 Å². The van der Waals surface area contributed by atoms with Gasteiger partial charge in [-0.05, 0) is 30.2 Å². The SMILES string of the molecule is CCN(CCOC)c1nc(Cl)nc2c1oc1ncc(CN3CCS(=O)CC3)cc12. The Morgan fingerprint density at radius 2 is 2.14 bits per heavy atom. The summed E-state index contributed by atoms with van der Waals surface area (Å²) in [7, 11) is 0.985. The predicted molar refractivity (Wildman–Crippen MR) is 115 cm³/mol. The van der Waals surface area contributed by atoms with E-state index in [1.165, 1.54) is 0 Å². The van der Waals surface area contributed by atoms with Crippen molar-refractivity contribution >= 4 is 50.4 Å². The first kappa shape index (κ1) is 20.5. The number of rotatable bonds is 7. The second-order valence-corrected chi connectivity index (χ2v) is 9.02. The number of methoxy groups -OCH3 is 1. The second-order valence-electron chi connectivity index (χ2n) is 6.99. The van der Waals surface area contributed by atoms with Crippen molar-refractivity contribution in [3.8, 4) is 0 Å². The summed E-state index contributed by atoms with van der Waals surface area (Å²) in [6, 6.07) is 2.05. The highest BCUT2D eigenvalue weighted by Gasteiger charge is 2.21. The van der Waals surface area contributed by atoms with Gasteiger partial charge in [0.15, 0.2) is 11.4 Å². The van der Waals surface area contributed by atoms with Crippen LogP contribution in [0.25, 0.3) is 22.2 Å². The average molecular weight is 438 g/mol. The lowest BCUT2D eigenvalue weighted by molar-refractivity contribution is 0.205. The second kappa shape index (κ2) is 8.91. The van der Waals surface area contributed by atoms with Gasteiger partial charge >= 0.3 is 0 Å². The van der Waals surface area contributed by atoms with Crippen LogP contribution in [0.1, 0.15) is 12.5 Å². The summed E-state index contributed by atoms with van der Waals surface area (Å²) in [6.45, 7) is 6.44. The standard InChI is InChI=1S/C19H24ClN5O3S/c1-3-25(4-7-27-2)17-16-15(22-19(20)23-17)14-10-13(11-21-18(14)28-16)12-24-5-8-29(26)9-6-24/h10-11H,3-9,12H2,1-2H3. The summed E-state index contributed by atoms with van der Waals surface area (Å²) in [5, 5.41) is 1.00. The number of likely N-dealkylation sites (N-methyl/N-ethyl adjacent to an activating group) is 1. The summed E-state index contributed by atoms with van der Waals surface area (Å²) < 4.78 is 22.8. The van der Waals surface area contributed by atoms with Gasteiger partial charge in [-0.15, -0.1) is 0 Å². The van der Waals surface area contributed by atoms with Gasteiger partial charge in [-0.25, -0.2) is 9.97 Å². The van der Waals surface area contributed by atoms with E-state index in [-0.39, 0.29) is 5.28 Å². The van der Waals surface area contributed by atoms with Crippen molar-refractivity contribution in [3.05, 3.63) is 23.1 Å². The first-order chi connectivity index (χ1) is 14.1. The topological polar surface area (TPSA) is 84.6 Å². The van der Waals surface area contributed by atoms with Crippen molar-refractivity contribution in [1.82, 2.24) is 19.9 Å². The monoisotopic (exact) mass is 437 g/mol. The first-order valence-electron chi connectivity index (χ1n) is 9.65. The molecule has 10 heteroatoms. The molecular formula is C19H24ClN5O3S. The number of hydrogen-bond donors (Lipinski definition) is 0. The summed E-state index contributed by atoms with van der Waals surface area (Å²) in [5.74, 6) is 2.10. The molecule has 0 atom stereocenters. The molecule has 0 amide bonds. The van der Waals surface area contributed by atoms with Gasteiger partial charge in [-0.2, -0.15) is 4.98 Å². The number of fused-ring (bicyclic) bond motifs is 3. The maximum Gasteiger partial charge on any atom is 0.229 e. The van der Waals surface area contributed by atoms with Gasteiger partial charge < -0.3 is 14.1 Å². The molecule has 8 nitrogen and oxygen atoms in total. The Balaban J connectivity index is 1.71. The number of nitrogens with zero attached hydrogens (tertiary/aromatic N) is 5. The molecule has 1 aliphatic rings. The summed E-state index contributed by atoms with van der Waals surface area (Å²) in [4.78, 5) is 17.7. The van der Waals surface area contributed by atoms with Gasteiger partial charge in [-0.3, -0.25) is 9.11 Å². The predicted octanol–water partition coefficient (Wildman–Crippen LogP) is 2.46. The molecular weight excluding hydrogens is 414 g/mol. The van der Waals surface area contributed by atoms with E-state index in [1.54, 1.807) is 7.11 Å². The quantitative estimate of drug-likeness (QED) is 0.521. The van der Waals surface area contributed by atoms with E-state index in [1.807, 2.05) is 13.1 Å². The molecule has 1 fully saturated rings. The molecule has 4 heterocycles. The smallest absolute Gasteiger partial charge is 0.229 e. The van der Waals surface area contributed by atoms with Crippen molar-refractivity contribution in [2.24, 2.45) is 0 Å². The highest BCUT2D eigenvalue weighted by atomic mass is 35.5. The molecule has 0 aliphatic carbocycles. The zero-order valence-corrected chi connectivity index (χ0v) is 18.1. The van der Waals surface area contributed by atoms with Gasteiger partial charge in [0.1, 0.15) is 5.52 Å². The number of pyridine rings is 1. The van der Waals surface area contributed by atoms with E-state index in [0.717, 1.165) is 48.6 Å². The van der Waals surface area contributed by atoms with Crippen LogP contribution in [0.4, 0.5) is 5.82 Å². The van der Waals surface area contributed by atoms with E-state index >= 15 is 0 Å². The maximum absolute atomic E-state index is 11.6. The fraction of sp³-hybridized carbons (Fsp3) is 0.526. The molecule has 0 N–H and O–H groups in total. The Hall–Kier alpha value is -1.81. The van der Waals surface area contributed by atoms with Crippen molar-refractivity contribution in [3.63, 3.8) is 0 Å². The zero-order valence-electron chi connectivity index (χ0n) is 16.6. The molecule has 0 bridgehead atoms. The maximum atomic E-state index is 11.6. The van der Waals surface area contributed by atoms with E-state index in [9.17, 15) is 4.21 Å². The molecule has 0 saturated carbocycles. The molecule has 0 aromatic carbocycles. The third-order valence-electron chi connectivity index (χ3n) is 5.11. The zero-order chi connectivity index (χ0) is 20.4. The number of furan rings is 1. The van der Waals surface area contributed by atoms with Gasteiger partial charge in [-0.1, -0.05) is 0 Å². The lowest BCUT2D eigenvalue weighted by atomic mass is 10.2. The van der Waals surface area contributed by atoms with E-state index in [0.29, 0.717) is 35.8 Å². The third kappa shape index (κ3) is 4.37. The van der Waals surface area contributed by atoms with Crippen molar-refractivity contribution in [2.45, 2.75) is 13.5 Å². The van der Waals surface area contributed by atoms with Crippen molar-refractivity contribution in [2.75, 3.05) is 56.3 Å². The molecule has 156 valence electrons. The van der Waals surface area contributed by atoms with Crippen LogP contribution in [0.15, 0.2) is 16.7 Å². The molecule has 0 spiro atoms. The lowest BCUT2D eigenvalue weighted by Crippen LogP contribution is -2.37. The molecule has 1 saturated heterocycles. The first-order valence-corrected chi connectivity index (χ1v) is 11.5. The number of hydrogen-bond acceptors (Lipinski definition) is 8. The van der Waals surface area contributed by atoms with Crippen LogP contribution in [0.5, 0.6) is 0 Å². The largest absolute Gasteiger partial charge is 0.432 e. The van der Waals surface area contributed by atoms with Crippen LogP contribution in [0.2, 0.25) is 5.28 Å². The molecule has 3 aromatic heterocycles. The van der Waals surface area contributed by atoms with Crippen LogP contribution >= 0.6 is 11.6 Å². The Morgan fingerprint density at radius 3 is 2.86 bits per heavy atom. The van der Waals surface area contributed by atoms with E-state index < -0.39 is 10.8 Å². The van der Waals surface area contributed by atoms with Gasteiger partial charge in [0.2, 0.25) is 11.0 Å². The summed E-state index contributed by atoms with van der Waals surface area (Å²) in [5.41, 5.74) is 2.83. The van der Waals surface area contributed by atoms with Crippen LogP contribution in [-0.4, -0.2) is 75.5 Å². The fourth-order valence-corrected chi connectivity index (χ4v) is 4.83. The number of ether oxygens (including phenoxy) is 1. The van der Waals surface area contributed by atoms with Crippen LogP contribution in [0.3, 0.4) is 0 Å². The number of anilines is 1. The third-order valence-corrected chi connectivity index (χ3v) is 6.55. The van der Waals surface area contributed by atoms with Gasteiger partial charge in [0, 0.05) is 68.3 Å². The van der Waals surface area contributed by atoms with Crippen molar-refractivity contribution < 1.29 is 13.4 Å². The lowest BCUT2D eigenvalue weighted by Gasteiger charge is -2.25. The van der Waals surface area contributed by atoms with Crippen LogP contribution in [-0.2, 0) is 22.1 Å². The van der Waals surface area contributed by atoms with Crippen LogP contribution < -0.4 is 4.90 Å². The average Bonchev–Trinajstić information content (AvgIpc) is 3.08. The normalized spacial score (nSPS) is 16.1. The minimum absolute atomic E-state index is 0.176. The highest BCUT2D eigenvalue weighted by molar-refractivity contribution is 7.85. The number of halogens is 1. The molecule has 3 aromatic rings. The van der Waals surface area contributed by atoms with Gasteiger partial charge in [0.05, 0.1) is 12.0 Å². The van der Waals surface area contributed by atoms with Crippen molar-refractivity contribution in [1.29, 1.82) is 0 Å². The molecule has 0 radical (unpaired) electrons. The van der Waals surface area contributed by atoms with E-state index in [2.05, 4.69) is 30.8 Å². The molecule has 29 heavy (non-hydrogen) atoms. The Morgan fingerprint density at radius 1 is 1.34 bits per heavy atom. The summed E-state index contributed by atoms with van der Waals surface area (Å²) >= 11 is 6.25. The Labute approximate surface area is 176 Å². The highest BCUT2D eigenvalue weighted by Crippen LogP contribution is 2.33. The minimum Gasteiger partial charge on any atom is -0.432 e. The van der Waals surface area contributed by atoms with Gasteiger partial charge in [0.25, 0.3) is 0 Å². The molecule has 0 unspecified atom stereocenters. The molecule has 1 aliphatic heterocycles. The summed E-state index contributed by atoms with van der Waals surface area (Å²) in [6.07, 6.45) is 1.83.